The van der Waals surface area contributed by atoms with E-state index < -0.39 is 5.97 Å². The van der Waals surface area contributed by atoms with Crippen LogP contribution in [-0.4, -0.2) is 16.1 Å². The molecule has 0 radical (unpaired) electrons. The molecule has 0 aliphatic heterocycles. The quantitative estimate of drug-likeness (QED) is 0.865. The number of aromatic nitrogens is 1. The number of carboxylic acid groups (broad SMARTS) is 1. The molecule has 2 aromatic rings. The summed E-state index contributed by atoms with van der Waals surface area (Å²) >= 11 is 0. The van der Waals surface area contributed by atoms with Crippen LogP contribution in [0.1, 0.15) is 21.7 Å². The van der Waals surface area contributed by atoms with E-state index in [0.717, 1.165) is 17.1 Å². The first-order chi connectivity index (χ1) is 8.65. The summed E-state index contributed by atoms with van der Waals surface area (Å²) in [6.07, 6.45) is 0. The summed E-state index contributed by atoms with van der Waals surface area (Å²) in [5, 5.41) is 12.0. The predicted molar refractivity (Wildman–Crippen MR) is 69.7 cm³/mol. The molecule has 92 valence electrons. The number of nitrogens with zero attached hydrogens (tertiary/aromatic N) is 1. The van der Waals surface area contributed by atoms with Crippen molar-refractivity contribution < 1.29 is 9.90 Å². The molecule has 0 aliphatic rings. The first-order valence-electron chi connectivity index (χ1n) is 5.65. The second-order valence-electron chi connectivity index (χ2n) is 4.01. The summed E-state index contributed by atoms with van der Waals surface area (Å²) in [7, 11) is 0. The van der Waals surface area contributed by atoms with Gasteiger partial charge in [-0.25, -0.2) is 4.79 Å². The van der Waals surface area contributed by atoms with Crippen molar-refractivity contribution in [2.24, 2.45) is 0 Å². The molecule has 1 aromatic carbocycles. The van der Waals surface area contributed by atoms with Crippen molar-refractivity contribution in [1.82, 2.24) is 4.98 Å². The van der Waals surface area contributed by atoms with E-state index in [2.05, 4.69) is 10.3 Å². The van der Waals surface area contributed by atoms with E-state index in [-0.39, 0.29) is 5.56 Å². The van der Waals surface area contributed by atoms with Gasteiger partial charge in [-0.05, 0) is 37.3 Å². The smallest absolute Gasteiger partial charge is 0.335 e. The second kappa shape index (κ2) is 5.31. The molecule has 0 amide bonds. The zero-order valence-electron chi connectivity index (χ0n) is 10.1. The van der Waals surface area contributed by atoms with Crippen molar-refractivity contribution in [2.75, 3.05) is 5.32 Å². The molecule has 0 unspecified atom stereocenters. The van der Waals surface area contributed by atoms with E-state index in [1.165, 1.54) is 0 Å². The number of benzene rings is 1. The third-order valence-electron chi connectivity index (χ3n) is 2.53. The van der Waals surface area contributed by atoms with Crippen molar-refractivity contribution >= 4 is 11.7 Å². The van der Waals surface area contributed by atoms with Crippen LogP contribution in [-0.2, 0) is 6.54 Å². The van der Waals surface area contributed by atoms with Gasteiger partial charge in [0, 0.05) is 11.4 Å². The van der Waals surface area contributed by atoms with Crippen LogP contribution in [0.5, 0.6) is 0 Å². The fourth-order valence-electron chi connectivity index (χ4n) is 1.65. The minimum Gasteiger partial charge on any atom is -0.478 e. The highest BCUT2D eigenvalue weighted by atomic mass is 16.4. The molecular weight excluding hydrogens is 228 g/mol. The molecule has 0 saturated carbocycles. The summed E-state index contributed by atoms with van der Waals surface area (Å²) in [6, 6.07) is 12.6. The van der Waals surface area contributed by atoms with Gasteiger partial charge in [0.05, 0.1) is 17.8 Å². The number of nitrogens with one attached hydrogen (secondary N) is 1. The molecule has 2 N–H and O–H groups in total. The summed E-state index contributed by atoms with van der Waals surface area (Å²) in [5.74, 6) is -0.924. The number of carboxylic acids is 1. The van der Waals surface area contributed by atoms with Crippen LogP contribution >= 0.6 is 0 Å². The largest absolute Gasteiger partial charge is 0.478 e. The lowest BCUT2D eigenvalue weighted by Gasteiger charge is -2.07. The zero-order valence-corrected chi connectivity index (χ0v) is 10.1. The minimum absolute atomic E-state index is 0.275. The third kappa shape index (κ3) is 3.07. The normalized spacial score (nSPS) is 10.1. The Balaban J connectivity index is 2.06. The third-order valence-corrected chi connectivity index (χ3v) is 2.53. The van der Waals surface area contributed by atoms with Crippen molar-refractivity contribution in [3.63, 3.8) is 0 Å². The van der Waals surface area contributed by atoms with Gasteiger partial charge in [-0.3, -0.25) is 4.98 Å². The Kier molecular flexibility index (Phi) is 3.57. The van der Waals surface area contributed by atoms with Crippen LogP contribution < -0.4 is 5.32 Å². The molecule has 0 saturated heterocycles. The molecule has 0 aliphatic carbocycles. The van der Waals surface area contributed by atoms with Crippen LogP contribution in [0.15, 0.2) is 42.5 Å². The van der Waals surface area contributed by atoms with Crippen LogP contribution in [0, 0.1) is 6.92 Å². The molecule has 4 nitrogen and oxygen atoms in total. The highest BCUT2D eigenvalue weighted by Gasteiger charge is 2.03. The van der Waals surface area contributed by atoms with E-state index >= 15 is 0 Å². The lowest BCUT2D eigenvalue weighted by Crippen LogP contribution is -2.03. The highest BCUT2D eigenvalue weighted by Crippen LogP contribution is 2.11. The Morgan fingerprint density at radius 1 is 1.28 bits per heavy atom. The maximum Gasteiger partial charge on any atom is 0.335 e. The number of carbonyl (C=O) groups is 1. The highest BCUT2D eigenvalue weighted by molar-refractivity contribution is 5.88. The molecule has 0 bridgehead atoms. The van der Waals surface area contributed by atoms with Crippen molar-refractivity contribution in [3.05, 3.63) is 59.4 Å². The van der Waals surface area contributed by atoms with Gasteiger partial charge < -0.3 is 10.4 Å². The minimum atomic E-state index is -0.924. The van der Waals surface area contributed by atoms with Gasteiger partial charge in [0.15, 0.2) is 0 Å². The number of hydrogen-bond donors (Lipinski definition) is 2. The fourth-order valence-corrected chi connectivity index (χ4v) is 1.65. The van der Waals surface area contributed by atoms with Crippen molar-refractivity contribution in [2.45, 2.75) is 13.5 Å². The van der Waals surface area contributed by atoms with Crippen LogP contribution in [0.4, 0.5) is 5.69 Å². The Morgan fingerprint density at radius 3 is 2.78 bits per heavy atom. The molecule has 0 fully saturated rings. The van der Waals surface area contributed by atoms with Crippen molar-refractivity contribution in [1.29, 1.82) is 0 Å². The van der Waals surface area contributed by atoms with Crippen molar-refractivity contribution in [3.8, 4) is 0 Å². The summed E-state index contributed by atoms with van der Waals surface area (Å²) < 4.78 is 0. The van der Waals surface area contributed by atoms with Crippen LogP contribution in [0.25, 0.3) is 0 Å². The van der Waals surface area contributed by atoms with Gasteiger partial charge in [0.2, 0.25) is 0 Å². The Bertz CT molecular complexity index is 567. The van der Waals surface area contributed by atoms with Crippen LogP contribution in [0.3, 0.4) is 0 Å². The molecule has 2 rings (SSSR count). The number of hydrogen-bond acceptors (Lipinski definition) is 3. The van der Waals surface area contributed by atoms with Gasteiger partial charge in [0.1, 0.15) is 0 Å². The number of aromatic carboxylic acids is 1. The topological polar surface area (TPSA) is 62.2 Å². The maximum atomic E-state index is 10.8. The van der Waals surface area contributed by atoms with Gasteiger partial charge >= 0.3 is 5.97 Å². The Hall–Kier alpha value is -2.36. The lowest BCUT2D eigenvalue weighted by molar-refractivity contribution is 0.0697. The predicted octanol–water partition coefficient (Wildman–Crippen LogP) is 2.70. The lowest BCUT2D eigenvalue weighted by atomic mass is 10.2. The monoisotopic (exact) mass is 242 g/mol. The molecular formula is C14H14N2O2. The average Bonchev–Trinajstić information content (AvgIpc) is 2.37. The maximum absolute atomic E-state index is 10.8. The van der Waals surface area contributed by atoms with E-state index in [1.54, 1.807) is 18.2 Å². The van der Waals surface area contributed by atoms with E-state index in [0.29, 0.717) is 6.54 Å². The van der Waals surface area contributed by atoms with Gasteiger partial charge in [-0.1, -0.05) is 12.1 Å². The number of rotatable bonds is 4. The zero-order chi connectivity index (χ0) is 13.0. The van der Waals surface area contributed by atoms with Crippen LogP contribution in [0.2, 0.25) is 0 Å². The molecule has 18 heavy (non-hydrogen) atoms. The summed E-state index contributed by atoms with van der Waals surface area (Å²) in [6.45, 7) is 2.51. The molecule has 4 heteroatoms. The molecule has 0 atom stereocenters. The first kappa shape index (κ1) is 12.1. The first-order valence-corrected chi connectivity index (χ1v) is 5.65. The number of aryl methyl sites for hydroxylation is 1. The fraction of sp³-hybridized carbons (Fsp3) is 0.143. The van der Waals surface area contributed by atoms with Gasteiger partial charge in [-0.2, -0.15) is 0 Å². The molecule has 0 spiro atoms. The molecule has 1 aromatic heterocycles. The Morgan fingerprint density at radius 2 is 2.06 bits per heavy atom. The number of pyridine rings is 1. The number of anilines is 1. The van der Waals surface area contributed by atoms with E-state index in [1.807, 2.05) is 31.2 Å². The SMILES string of the molecule is Cc1cccc(CNc2cccc(C(=O)O)c2)n1. The Labute approximate surface area is 105 Å². The second-order valence-corrected chi connectivity index (χ2v) is 4.01. The van der Waals surface area contributed by atoms with E-state index in [4.69, 9.17) is 5.11 Å². The summed E-state index contributed by atoms with van der Waals surface area (Å²) in [4.78, 5) is 15.2. The van der Waals surface area contributed by atoms with Gasteiger partial charge in [0.25, 0.3) is 0 Å². The average molecular weight is 242 g/mol. The van der Waals surface area contributed by atoms with Gasteiger partial charge in [-0.15, -0.1) is 0 Å². The molecule has 1 heterocycles. The summed E-state index contributed by atoms with van der Waals surface area (Å²) in [5.41, 5.74) is 2.94. The van der Waals surface area contributed by atoms with E-state index in [9.17, 15) is 4.79 Å². The standard InChI is InChI=1S/C14H14N2O2/c1-10-4-2-7-13(16-10)9-15-12-6-3-5-11(8-12)14(17)18/h2-8,15H,9H2,1H3,(H,17,18).